The highest BCUT2D eigenvalue weighted by Crippen LogP contribution is 2.46. The zero-order valence-electron chi connectivity index (χ0n) is 10.3. The third-order valence-corrected chi connectivity index (χ3v) is 4.65. The second kappa shape index (κ2) is 5.60. The fourth-order valence-electron chi connectivity index (χ4n) is 2.60. The van der Waals surface area contributed by atoms with Gasteiger partial charge in [0.2, 0.25) is 0 Å². The third kappa shape index (κ3) is 2.62. The van der Waals surface area contributed by atoms with Gasteiger partial charge < -0.3 is 5.32 Å². The fourth-order valence-corrected chi connectivity index (χ4v) is 3.05. The maximum atomic E-state index is 6.27. The predicted octanol–water partition coefficient (Wildman–Crippen LogP) is 4.49. The van der Waals surface area contributed by atoms with Gasteiger partial charge in [0.05, 0.1) is 10.0 Å². The molecule has 0 amide bonds. The van der Waals surface area contributed by atoms with Crippen molar-refractivity contribution < 1.29 is 0 Å². The van der Waals surface area contributed by atoms with Crippen molar-refractivity contribution in [3.8, 4) is 0 Å². The van der Waals surface area contributed by atoms with E-state index in [1.165, 1.54) is 18.4 Å². The lowest BCUT2D eigenvalue weighted by Gasteiger charge is -2.44. The van der Waals surface area contributed by atoms with Crippen molar-refractivity contribution in [3.05, 3.63) is 33.8 Å². The molecule has 1 N–H and O–H groups in total. The Bertz CT molecular complexity index is 392. The number of hydrogen-bond acceptors (Lipinski definition) is 1. The minimum Gasteiger partial charge on any atom is -0.314 e. The van der Waals surface area contributed by atoms with Crippen LogP contribution < -0.4 is 5.32 Å². The second-order valence-corrected chi connectivity index (χ2v) is 5.69. The summed E-state index contributed by atoms with van der Waals surface area (Å²) in [6.07, 6.45) is 2.35. The molecule has 1 aliphatic carbocycles. The minimum absolute atomic E-state index is 0.551. The summed E-state index contributed by atoms with van der Waals surface area (Å²) in [5, 5.41) is 4.98. The molecule has 2 rings (SSSR count). The van der Waals surface area contributed by atoms with Crippen LogP contribution in [0.5, 0.6) is 0 Å². The SMILES string of the molecule is CCCNC1CC(c2cccc(Cl)c2Cl)C1C. The maximum Gasteiger partial charge on any atom is 0.0627 e. The highest BCUT2D eigenvalue weighted by atomic mass is 35.5. The van der Waals surface area contributed by atoms with E-state index in [0.717, 1.165) is 11.6 Å². The van der Waals surface area contributed by atoms with E-state index in [0.29, 0.717) is 22.9 Å². The fraction of sp³-hybridized carbons (Fsp3) is 0.571. The molecular formula is C14H19Cl2N. The maximum absolute atomic E-state index is 6.27. The Labute approximate surface area is 114 Å². The van der Waals surface area contributed by atoms with E-state index in [2.05, 4.69) is 25.2 Å². The van der Waals surface area contributed by atoms with Crippen molar-refractivity contribution in [1.29, 1.82) is 0 Å². The summed E-state index contributed by atoms with van der Waals surface area (Å²) in [6.45, 7) is 5.59. The van der Waals surface area contributed by atoms with Gasteiger partial charge in [-0.05, 0) is 42.9 Å². The number of nitrogens with one attached hydrogen (secondary N) is 1. The highest BCUT2D eigenvalue weighted by Gasteiger charge is 2.39. The first kappa shape index (κ1) is 13.2. The lowest BCUT2D eigenvalue weighted by Crippen LogP contribution is -2.48. The van der Waals surface area contributed by atoms with Crippen LogP contribution >= 0.6 is 23.2 Å². The summed E-state index contributed by atoms with van der Waals surface area (Å²) in [6, 6.07) is 6.58. The standard InChI is InChI=1S/C14H19Cl2N/c1-3-7-17-13-8-11(9(13)2)10-5-4-6-12(15)14(10)16/h4-6,9,11,13,17H,3,7-8H2,1-2H3. The van der Waals surface area contributed by atoms with Crippen LogP contribution in [-0.2, 0) is 0 Å². The van der Waals surface area contributed by atoms with Gasteiger partial charge in [0.25, 0.3) is 0 Å². The van der Waals surface area contributed by atoms with Crippen molar-refractivity contribution in [1.82, 2.24) is 5.32 Å². The van der Waals surface area contributed by atoms with E-state index in [1.807, 2.05) is 12.1 Å². The third-order valence-electron chi connectivity index (χ3n) is 3.81. The molecule has 0 bridgehead atoms. The molecule has 0 heterocycles. The molecule has 3 atom stereocenters. The van der Waals surface area contributed by atoms with Crippen molar-refractivity contribution in [2.45, 2.75) is 38.6 Å². The Morgan fingerprint density at radius 2 is 2.12 bits per heavy atom. The zero-order chi connectivity index (χ0) is 12.4. The van der Waals surface area contributed by atoms with E-state index >= 15 is 0 Å². The van der Waals surface area contributed by atoms with E-state index in [4.69, 9.17) is 23.2 Å². The van der Waals surface area contributed by atoms with E-state index in [9.17, 15) is 0 Å². The molecule has 3 heteroatoms. The molecule has 0 aromatic heterocycles. The van der Waals surface area contributed by atoms with E-state index < -0.39 is 0 Å². The lowest BCUT2D eigenvalue weighted by atomic mass is 9.67. The zero-order valence-corrected chi connectivity index (χ0v) is 11.9. The van der Waals surface area contributed by atoms with Gasteiger partial charge >= 0.3 is 0 Å². The van der Waals surface area contributed by atoms with Crippen molar-refractivity contribution >= 4 is 23.2 Å². The second-order valence-electron chi connectivity index (χ2n) is 4.90. The van der Waals surface area contributed by atoms with Gasteiger partial charge in [-0.1, -0.05) is 49.2 Å². The van der Waals surface area contributed by atoms with Crippen LogP contribution in [0.25, 0.3) is 0 Å². The molecule has 0 spiro atoms. The Hall–Kier alpha value is -0.240. The average Bonchev–Trinajstić information content (AvgIpc) is 2.32. The Balaban J connectivity index is 2.04. The van der Waals surface area contributed by atoms with Crippen LogP contribution in [0.2, 0.25) is 10.0 Å². The van der Waals surface area contributed by atoms with Gasteiger partial charge in [-0.2, -0.15) is 0 Å². The normalized spacial score (nSPS) is 27.9. The molecule has 0 saturated heterocycles. The van der Waals surface area contributed by atoms with E-state index in [-0.39, 0.29) is 0 Å². The van der Waals surface area contributed by atoms with Crippen LogP contribution in [0.4, 0.5) is 0 Å². The minimum atomic E-state index is 0.551. The molecule has 1 fully saturated rings. The lowest BCUT2D eigenvalue weighted by molar-refractivity contribution is 0.185. The molecule has 1 aromatic rings. The van der Waals surface area contributed by atoms with Crippen LogP contribution in [0.3, 0.4) is 0 Å². The first-order chi connectivity index (χ1) is 8.15. The molecule has 1 aliphatic rings. The molecule has 0 aliphatic heterocycles. The smallest absolute Gasteiger partial charge is 0.0627 e. The van der Waals surface area contributed by atoms with Gasteiger partial charge in [0.15, 0.2) is 0 Å². The molecule has 1 aromatic carbocycles. The van der Waals surface area contributed by atoms with Gasteiger partial charge in [0, 0.05) is 6.04 Å². The van der Waals surface area contributed by atoms with Gasteiger partial charge in [-0.3, -0.25) is 0 Å². The summed E-state index contributed by atoms with van der Waals surface area (Å²) in [5.74, 6) is 1.19. The quantitative estimate of drug-likeness (QED) is 0.851. The van der Waals surface area contributed by atoms with Gasteiger partial charge in [0.1, 0.15) is 0 Å². The Morgan fingerprint density at radius 3 is 2.76 bits per heavy atom. The van der Waals surface area contributed by atoms with Crippen molar-refractivity contribution in [3.63, 3.8) is 0 Å². The first-order valence-corrected chi connectivity index (χ1v) is 7.08. The van der Waals surface area contributed by atoms with Crippen molar-refractivity contribution in [2.75, 3.05) is 6.54 Å². The number of rotatable bonds is 4. The summed E-state index contributed by atoms with van der Waals surface area (Å²) < 4.78 is 0. The summed E-state index contributed by atoms with van der Waals surface area (Å²) >= 11 is 12.3. The summed E-state index contributed by atoms with van der Waals surface area (Å²) in [4.78, 5) is 0. The largest absolute Gasteiger partial charge is 0.314 e. The molecule has 0 radical (unpaired) electrons. The van der Waals surface area contributed by atoms with Crippen LogP contribution in [0.1, 0.15) is 38.2 Å². The van der Waals surface area contributed by atoms with E-state index in [1.54, 1.807) is 0 Å². The number of halogens is 2. The average molecular weight is 272 g/mol. The van der Waals surface area contributed by atoms with Crippen LogP contribution in [0, 0.1) is 5.92 Å². The summed E-state index contributed by atoms with van der Waals surface area (Å²) in [5.41, 5.74) is 1.21. The molecule has 1 nitrogen and oxygen atoms in total. The van der Waals surface area contributed by atoms with Crippen molar-refractivity contribution in [2.24, 2.45) is 5.92 Å². The Kier molecular flexibility index (Phi) is 4.35. The highest BCUT2D eigenvalue weighted by molar-refractivity contribution is 6.42. The Morgan fingerprint density at radius 1 is 1.35 bits per heavy atom. The molecule has 1 saturated carbocycles. The number of hydrogen-bond donors (Lipinski definition) is 1. The van der Waals surface area contributed by atoms with Crippen LogP contribution in [0.15, 0.2) is 18.2 Å². The molecule has 94 valence electrons. The predicted molar refractivity (Wildman–Crippen MR) is 75.1 cm³/mol. The number of benzene rings is 1. The van der Waals surface area contributed by atoms with Crippen LogP contribution in [-0.4, -0.2) is 12.6 Å². The van der Waals surface area contributed by atoms with Gasteiger partial charge in [-0.25, -0.2) is 0 Å². The monoisotopic (exact) mass is 271 g/mol. The topological polar surface area (TPSA) is 12.0 Å². The molecule has 3 unspecified atom stereocenters. The first-order valence-electron chi connectivity index (χ1n) is 6.32. The molecular weight excluding hydrogens is 253 g/mol. The van der Waals surface area contributed by atoms with Gasteiger partial charge in [-0.15, -0.1) is 0 Å². The summed E-state index contributed by atoms with van der Waals surface area (Å²) in [7, 11) is 0. The molecule has 17 heavy (non-hydrogen) atoms.